The van der Waals surface area contributed by atoms with Crippen molar-refractivity contribution in [3.05, 3.63) is 71.8 Å². The molecule has 5 rings (SSSR count). The lowest BCUT2D eigenvalue weighted by molar-refractivity contribution is 0.0588. The number of pyridine rings is 1. The Morgan fingerprint density at radius 3 is 2.56 bits per heavy atom. The van der Waals surface area contributed by atoms with Crippen molar-refractivity contribution in [3.8, 4) is 22.6 Å². The summed E-state index contributed by atoms with van der Waals surface area (Å²) in [6.07, 6.45) is 6.14. The molecule has 1 aliphatic rings. The van der Waals surface area contributed by atoms with Gasteiger partial charge in [-0.2, -0.15) is 0 Å². The van der Waals surface area contributed by atoms with Crippen LogP contribution in [0.5, 0.6) is 0 Å². The zero-order chi connectivity index (χ0) is 23.7. The normalized spacial score (nSPS) is 15.8. The Hall–Kier alpha value is -3.09. The summed E-state index contributed by atoms with van der Waals surface area (Å²) in [6.45, 7) is 6.89. The first-order chi connectivity index (χ1) is 16.5. The second kappa shape index (κ2) is 9.65. The number of rotatable bonds is 6. The molecule has 0 aliphatic carbocycles. The van der Waals surface area contributed by atoms with E-state index in [9.17, 15) is 0 Å². The molecule has 6 nitrogen and oxygen atoms in total. The van der Waals surface area contributed by atoms with Crippen LogP contribution in [-0.2, 0) is 11.3 Å². The second-order valence-corrected chi connectivity index (χ2v) is 9.71. The van der Waals surface area contributed by atoms with Gasteiger partial charge in [0.15, 0.2) is 0 Å². The molecule has 6 heteroatoms. The minimum Gasteiger partial charge on any atom is -0.381 e. The number of aryl methyl sites for hydroxylation is 1. The highest BCUT2D eigenvalue weighted by atomic mass is 16.5. The molecule has 1 unspecified atom stereocenters. The molecule has 0 amide bonds. The highest BCUT2D eigenvalue weighted by Gasteiger charge is 2.25. The third kappa shape index (κ3) is 4.61. The van der Waals surface area contributed by atoms with Gasteiger partial charge >= 0.3 is 0 Å². The largest absolute Gasteiger partial charge is 0.381 e. The van der Waals surface area contributed by atoms with Gasteiger partial charge in [-0.3, -0.25) is 4.40 Å². The monoisotopic (exact) mass is 455 g/mol. The molecule has 0 saturated carbocycles. The van der Waals surface area contributed by atoms with Crippen molar-refractivity contribution in [2.45, 2.75) is 39.2 Å². The first-order valence-corrected chi connectivity index (χ1v) is 12.1. The number of nitrogens with zero attached hydrogens (tertiary/aromatic N) is 5. The Morgan fingerprint density at radius 2 is 1.82 bits per heavy atom. The number of hydrogen-bond acceptors (Lipinski definition) is 5. The van der Waals surface area contributed by atoms with Gasteiger partial charge < -0.3 is 9.64 Å². The lowest BCUT2D eigenvalue weighted by Crippen LogP contribution is -2.21. The van der Waals surface area contributed by atoms with Gasteiger partial charge in [0, 0.05) is 43.6 Å². The molecule has 0 spiro atoms. The van der Waals surface area contributed by atoms with Crippen molar-refractivity contribution in [3.63, 3.8) is 0 Å². The smallest absolute Gasteiger partial charge is 0.138 e. The van der Waals surface area contributed by atoms with Crippen LogP contribution in [0.4, 0.5) is 0 Å². The van der Waals surface area contributed by atoms with Gasteiger partial charge in [0.2, 0.25) is 0 Å². The zero-order valence-electron chi connectivity index (χ0n) is 20.5. The summed E-state index contributed by atoms with van der Waals surface area (Å²) < 4.78 is 7.73. The molecule has 1 saturated heterocycles. The second-order valence-electron chi connectivity index (χ2n) is 9.71. The summed E-state index contributed by atoms with van der Waals surface area (Å²) in [5.41, 5.74) is 7.37. The lowest BCUT2D eigenvalue weighted by atomic mass is 9.87. The van der Waals surface area contributed by atoms with Crippen molar-refractivity contribution in [1.82, 2.24) is 24.3 Å². The minimum atomic E-state index is 0.289. The maximum absolute atomic E-state index is 5.57. The van der Waals surface area contributed by atoms with Gasteiger partial charge in [0.05, 0.1) is 17.1 Å². The highest BCUT2D eigenvalue weighted by Crippen LogP contribution is 2.34. The summed E-state index contributed by atoms with van der Waals surface area (Å²) in [4.78, 5) is 17.0. The number of ether oxygens (including phenoxy) is 1. The first-order valence-electron chi connectivity index (χ1n) is 12.1. The lowest BCUT2D eigenvalue weighted by Gasteiger charge is -2.26. The minimum absolute atomic E-state index is 0.289. The topological polar surface area (TPSA) is 55.6 Å². The van der Waals surface area contributed by atoms with E-state index < -0.39 is 0 Å². The Morgan fingerprint density at radius 1 is 1.06 bits per heavy atom. The Bertz CT molecular complexity index is 1270. The quantitative estimate of drug-likeness (QED) is 0.392. The number of imidazole rings is 1. The maximum atomic E-state index is 5.57. The number of aromatic nitrogens is 4. The number of benzene rings is 1. The molecular weight excluding hydrogens is 422 g/mol. The van der Waals surface area contributed by atoms with E-state index in [1.54, 1.807) is 0 Å². The fourth-order valence-electron chi connectivity index (χ4n) is 4.86. The summed E-state index contributed by atoms with van der Waals surface area (Å²) in [7, 11) is 4.17. The van der Waals surface area contributed by atoms with Crippen LogP contribution < -0.4 is 0 Å². The average molecular weight is 456 g/mol. The van der Waals surface area contributed by atoms with Crippen molar-refractivity contribution in [2.75, 3.05) is 27.3 Å². The summed E-state index contributed by atoms with van der Waals surface area (Å²) >= 11 is 0. The van der Waals surface area contributed by atoms with Crippen LogP contribution in [-0.4, -0.2) is 51.6 Å². The van der Waals surface area contributed by atoms with E-state index in [1.807, 2.05) is 12.3 Å². The molecule has 3 aromatic heterocycles. The van der Waals surface area contributed by atoms with Gasteiger partial charge in [-0.15, -0.1) is 0 Å². The Labute approximate surface area is 201 Å². The molecule has 1 atom stereocenters. The van der Waals surface area contributed by atoms with Gasteiger partial charge in [0.1, 0.15) is 11.5 Å². The van der Waals surface area contributed by atoms with Crippen LogP contribution in [0.2, 0.25) is 0 Å². The Balaban J connectivity index is 1.62. The Kier molecular flexibility index (Phi) is 6.44. The van der Waals surface area contributed by atoms with Crippen molar-refractivity contribution in [2.24, 2.45) is 5.92 Å². The zero-order valence-corrected chi connectivity index (χ0v) is 20.5. The molecule has 0 N–H and O–H groups in total. The van der Waals surface area contributed by atoms with Crippen LogP contribution in [0.1, 0.15) is 42.6 Å². The predicted molar refractivity (Wildman–Crippen MR) is 136 cm³/mol. The molecule has 34 heavy (non-hydrogen) atoms. The third-order valence-electron chi connectivity index (χ3n) is 6.81. The molecule has 0 bridgehead atoms. The maximum Gasteiger partial charge on any atom is 0.138 e. The first kappa shape index (κ1) is 22.7. The molecule has 4 aromatic rings. The SMILES string of the molecule is Cc1ccc(-c2nc3cc(CN(C)C)ccn3c2-c2ccnc(C(C)C3CCOCC3)n2)cc1. The number of fused-ring (bicyclic) bond motifs is 1. The standard InChI is InChI=1S/C28H33N5O/c1-19-5-7-23(8-6-19)26-27(33-14-10-21(18-32(3)4)17-25(33)31-26)24-9-13-29-28(30-24)20(2)22-11-15-34-16-12-22/h5-10,13-14,17,20,22H,11-12,15-16,18H2,1-4H3. The van der Waals surface area contributed by atoms with Crippen molar-refractivity contribution < 1.29 is 4.74 Å². The van der Waals surface area contributed by atoms with E-state index in [0.717, 1.165) is 66.7 Å². The van der Waals surface area contributed by atoms with Gasteiger partial charge in [-0.05, 0) is 63.5 Å². The van der Waals surface area contributed by atoms with Crippen LogP contribution in [0.15, 0.2) is 54.9 Å². The molecule has 0 radical (unpaired) electrons. The van der Waals surface area contributed by atoms with E-state index in [0.29, 0.717) is 5.92 Å². The molecule has 1 aromatic carbocycles. The molecule has 1 aliphatic heterocycles. The summed E-state index contributed by atoms with van der Waals surface area (Å²) in [5.74, 6) is 1.74. The fraction of sp³-hybridized carbons (Fsp3) is 0.393. The van der Waals surface area contributed by atoms with E-state index in [2.05, 4.69) is 84.8 Å². The van der Waals surface area contributed by atoms with Gasteiger partial charge in [-0.25, -0.2) is 15.0 Å². The van der Waals surface area contributed by atoms with Gasteiger partial charge in [-0.1, -0.05) is 36.8 Å². The summed E-state index contributed by atoms with van der Waals surface area (Å²) in [5, 5.41) is 0. The summed E-state index contributed by atoms with van der Waals surface area (Å²) in [6, 6.07) is 14.9. The third-order valence-corrected chi connectivity index (χ3v) is 6.81. The molecule has 4 heterocycles. The van der Waals surface area contributed by atoms with E-state index >= 15 is 0 Å². The highest BCUT2D eigenvalue weighted by molar-refractivity contribution is 5.80. The average Bonchev–Trinajstić information content (AvgIpc) is 3.23. The van der Waals surface area contributed by atoms with E-state index in [4.69, 9.17) is 14.7 Å². The van der Waals surface area contributed by atoms with Crippen molar-refractivity contribution in [1.29, 1.82) is 0 Å². The van der Waals surface area contributed by atoms with Gasteiger partial charge in [0.25, 0.3) is 0 Å². The number of hydrogen-bond donors (Lipinski definition) is 0. The van der Waals surface area contributed by atoms with Crippen LogP contribution >= 0.6 is 0 Å². The van der Waals surface area contributed by atoms with Crippen molar-refractivity contribution >= 4 is 5.65 Å². The molecule has 1 fully saturated rings. The van der Waals surface area contributed by atoms with Crippen LogP contribution in [0.3, 0.4) is 0 Å². The predicted octanol–water partition coefficient (Wildman–Crippen LogP) is 5.36. The molecular formula is C28H33N5O. The van der Waals surface area contributed by atoms with Crippen LogP contribution in [0, 0.1) is 12.8 Å². The van der Waals surface area contributed by atoms with Crippen LogP contribution in [0.25, 0.3) is 28.3 Å². The molecule has 176 valence electrons. The van der Waals surface area contributed by atoms with E-state index in [-0.39, 0.29) is 5.92 Å². The fourth-order valence-corrected chi connectivity index (χ4v) is 4.86. The van der Waals surface area contributed by atoms with E-state index in [1.165, 1.54) is 11.1 Å².